The Hall–Kier alpha value is -1.95. The lowest BCUT2D eigenvalue weighted by Crippen LogP contribution is -2.13. The quantitative estimate of drug-likeness (QED) is 0.811. The smallest absolute Gasteiger partial charge is 0.256 e. The van der Waals surface area contributed by atoms with Crippen molar-refractivity contribution in [1.29, 1.82) is 0 Å². The van der Waals surface area contributed by atoms with E-state index in [9.17, 15) is 18.7 Å². The zero-order chi connectivity index (χ0) is 14.9. The fourth-order valence-corrected chi connectivity index (χ4v) is 2.08. The van der Waals surface area contributed by atoms with E-state index in [1.165, 1.54) is 6.07 Å². The predicted octanol–water partition coefficient (Wildman–Crippen LogP) is 3.99. The van der Waals surface area contributed by atoms with Crippen molar-refractivity contribution in [2.24, 2.45) is 0 Å². The zero-order valence-electron chi connectivity index (χ0n) is 10.4. The second kappa shape index (κ2) is 5.58. The summed E-state index contributed by atoms with van der Waals surface area (Å²) in [6, 6.07) is 6.30. The molecular weight excluding hydrogens is 332 g/mol. The molecule has 1 amide bonds. The number of carbonyl (C=O) groups excluding carboxylic acids is 1. The van der Waals surface area contributed by atoms with E-state index in [0.717, 1.165) is 12.1 Å². The summed E-state index contributed by atoms with van der Waals surface area (Å²) in [6.45, 7) is 1.72. The Morgan fingerprint density at radius 2 is 1.85 bits per heavy atom. The molecule has 2 rings (SSSR count). The minimum absolute atomic E-state index is 0.0344. The molecule has 104 valence electrons. The number of rotatable bonds is 2. The number of benzene rings is 2. The van der Waals surface area contributed by atoms with Gasteiger partial charge in [-0.05, 0) is 46.6 Å². The molecule has 3 nitrogen and oxygen atoms in total. The standard InChI is InChI=1S/C14H10BrF2NO2/c1-7-2-3-8(4-13(7)19)18-14(20)9-5-11(16)12(17)6-10(9)15/h2-6,19H,1H3,(H,18,20). The van der Waals surface area contributed by atoms with Gasteiger partial charge in [-0.15, -0.1) is 0 Å². The maximum absolute atomic E-state index is 13.2. The zero-order valence-corrected chi connectivity index (χ0v) is 12.0. The lowest BCUT2D eigenvalue weighted by Gasteiger charge is -2.08. The minimum atomic E-state index is -1.11. The van der Waals surface area contributed by atoms with E-state index < -0.39 is 17.5 Å². The summed E-state index contributed by atoms with van der Waals surface area (Å²) >= 11 is 3.00. The highest BCUT2D eigenvalue weighted by molar-refractivity contribution is 9.10. The Bertz CT molecular complexity index is 689. The van der Waals surface area contributed by atoms with Crippen LogP contribution in [0.1, 0.15) is 15.9 Å². The Balaban J connectivity index is 2.28. The van der Waals surface area contributed by atoms with Gasteiger partial charge in [-0.25, -0.2) is 8.78 Å². The molecule has 0 heterocycles. The SMILES string of the molecule is Cc1ccc(NC(=O)c2cc(F)c(F)cc2Br)cc1O. The van der Waals surface area contributed by atoms with Gasteiger partial charge in [0.2, 0.25) is 0 Å². The van der Waals surface area contributed by atoms with E-state index in [0.29, 0.717) is 11.3 Å². The third-order valence-corrected chi connectivity index (χ3v) is 3.38. The summed E-state index contributed by atoms with van der Waals surface area (Å²) in [5.74, 6) is -2.72. The normalized spacial score (nSPS) is 10.4. The van der Waals surface area contributed by atoms with Gasteiger partial charge in [0.15, 0.2) is 11.6 Å². The molecule has 0 spiro atoms. The first-order chi connectivity index (χ1) is 9.38. The van der Waals surface area contributed by atoms with Crippen molar-refractivity contribution < 1.29 is 18.7 Å². The Morgan fingerprint density at radius 3 is 2.50 bits per heavy atom. The third kappa shape index (κ3) is 2.96. The van der Waals surface area contributed by atoms with Gasteiger partial charge in [-0.2, -0.15) is 0 Å². The van der Waals surface area contributed by atoms with Crippen molar-refractivity contribution in [3.8, 4) is 5.75 Å². The number of aryl methyl sites for hydroxylation is 1. The molecule has 0 unspecified atom stereocenters. The van der Waals surface area contributed by atoms with Crippen LogP contribution in [0.25, 0.3) is 0 Å². The fourth-order valence-electron chi connectivity index (χ4n) is 1.58. The summed E-state index contributed by atoms with van der Waals surface area (Å²) in [6.07, 6.45) is 0. The summed E-state index contributed by atoms with van der Waals surface area (Å²) < 4.78 is 26.3. The fraction of sp³-hybridized carbons (Fsp3) is 0.0714. The lowest BCUT2D eigenvalue weighted by molar-refractivity contribution is 0.102. The van der Waals surface area contributed by atoms with Gasteiger partial charge in [0.05, 0.1) is 5.56 Å². The Morgan fingerprint density at radius 1 is 1.20 bits per heavy atom. The molecule has 0 atom stereocenters. The number of phenols is 1. The van der Waals surface area contributed by atoms with Crippen LogP contribution in [0.15, 0.2) is 34.8 Å². The number of hydrogen-bond acceptors (Lipinski definition) is 2. The highest BCUT2D eigenvalue weighted by Gasteiger charge is 2.15. The number of phenolic OH excluding ortho intramolecular Hbond substituents is 1. The summed E-state index contributed by atoms with van der Waals surface area (Å²) in [7, 11) is 0. The minimum Gasteiger partial charge on any atom is -0.508 e. The van der Waals surface area contributed by atoms with E-state index in [1.54, 1.807) is 19.1 Å². The van der Waals surface area contributed by atoms with E-state index in [-0.39, 0.29) is 15.8 Å². The van der Waals surface area contributed by atoms with Gasteiger partial charge in [0.25, 0.3) is 5.91 Å². The van der Waals surface area contributed by atoms with Crippen LogP contribution < -0.4 is 5.32 Å². The van der Waals surface area contributed by atoms with Crippen molar-refractivity contribution in [3.05, 3.63) is 57.6 Å². The number of aromatic hydroxyl groups is 1. The first-order valence-corrected chi connectivity index (χ1v) is 6.43. The van der Waals surface area contributed by atoms with Crippen molar-refractivity contribution in [3.63, 3.8) is 0 Å². The molecule has 6 heteroatoms. The third-order valence-electron chi connectivity index (χ3n) is 2.72. The molecule has 0 saturated heterocycles. The molecule has 0 saturated carbocycles. The topological polar surface area (TPSA) is 49.3 Å². The Labute approximate surface area is 122 Å². The average molecular weight is 342 g/mol. The van der Waals surface area contributed by atoms with Crippen LogP contribution in [-0.2, 0) is 0 Å². The van der Waals surface area contributed by atoms with Gasteiger partial charge < -0.3 is 10.4 Å². The monoisotopic (exact) mass is 341 g/mol. The number of amides is 1. The second-order valence-electron chi connectivity index (χ2n) is 4.20. The molecule has 20 heavy (non-hydrogen) atoms. The van der Waals surface area contributed by atoms with Crippen LogP contribution >= 0.6 is 15.9 Å². The van der Waals surface area contributed by atoms with Crippen LogP contribution in [-0.4, -0.2) is 11.0 Å². The van der Waals surface area contributed by atoms with Gasteiger partial charge in [-0.3, -0.25) is 4.79 Å². The van der Waals surface area contributed by atoms with E-state index in [4.69, 9.17) is 0 Å². The predicted molar refractivity (Wildman–Crippen MR) is 74.9 cm³/mol. The summed E-state index contributed by atoms with van der Waals surface area (Å²) in [5, 5.41) is 12.0. The van der Waals surface area contributed by atoms with Crippen molar-refractivity contribution in [2.75, 3.05) is 5.32 Å². The molecule has 0 aliphatic heterocycles. The molecule has 2 N–H and O–H groups in total. The molecule has 0 aliphatic carbocycles. The van der Waals surface area contributed by atoms with E-state index in [2.05, 4.69) is 21.2 Å². The first kappa shape index (κ1) is 14.5. The van der Waals surface area contributed by atoms with Crippen LogP contribution in [0.2, 0.25) is 0 Å². The van der Waals surface area contributed by atoms with Crippen molar-refractivity contribution in [2.45, 2.75) is 6.92 Å². The maximum atomic E-state index is 13.2. The molecule has 2 aromatic carbocycles. The van der Waals surface area contributed by atoms with Crippen molar-refractivity contribution in [1.82, 2.24) is 0 Å². The second-order valence-corrected chi connectivity index (χ2v) is 5.06. The van der Waals surface area contributed by atoms with Crippen LogP contribution in [0.4, 0.5) is 14.5 Å². The Kier molecular flexibility index (Phi) is 4.04. The number of anilines is 1. The van der Waals surface area contributed by atoms with E-state index in [1.807, 2.05) is 0 Å². The van der Waals surface area contributed by atoms with Gasteiger partial charge in [0.1, 0.15) is 5.75 Å². The van der Waals surface area contributed by atoms with Crippen LogP contribution in [0.3, 0.4) is 0 Å². The molecule has 0 aromatic heterocycles. The van der Waals surface area contributed by atoms with E-state index >= 15 is 0 Å². The number of nitrogens with one attached hydrogen (secondary N) is 1. The molecule has 0 radical (unpaired) electrons. The van der Waals surface area contributed by atoms with Gasteiger partial charge in [0, 0.05) is 16.2 Å². The molecule has 0 bridgehead atoms. The highest BCUT2D eigenvalue weighted by atomic mass is 79.9. The first-order valence-electron chi connectivity index (χ1n) is 5.64. The molecular formula is C14H10BrF2NO2. The summed E-state index contributed by atoms with van der Waals surface area (Å²) in [5.41, 5.74) is 0.982. The summed E-state index contributed by atoms with van der Waals surface area (Å²) in [4.78, 5) is 12.0. The number of carbonyl (C=O) groups is 1. The highest BCUT2D eigenvalue weighted by Crippen LogP contribution is 2.24. The number of halogens is 3. The lowest BCUT2D eigenvalue weighted by atomic mass is 10.1. The van der Waals surface area contributed by atoms with Gasteiger partial charge in [-0.1, -0.05) is 6.07 Å². The van der Waals surface area contributed by atoms with Crippen LogP contribution in [0.5, 0.6) is 5.75 Å². The average Bonchev–Trinajstić information content (AvgIpc) is 2.38. The van der Waals surface area contributed by atoms with Gasteiger partial charge >= 0.3 is 0 Å². The largest absolute Gasteiger partial charge is 0.508 e. The molecule has 2 aromatic rings. The van der Waals surface area contributed by atoms with Crippen molar-refractivity contribution >= 4 is 27.5 Å². The molecule has 0 aliphatic rings. The molecule has 0 fully saturated rings. The number of hydrogen-bond donors (Lipinski definition) is 2. The van der Waals surface area contributed by atoms with Crippen LogP contribution in [0, 0.1) is 18.6 Å². The maximum Gasteiger partial charge on any atom is 0.256 e.